The van der Waals surface area contributed by atoms with Crippen LogP contribution in [0.1, 0.15) is 141 Å². The molecule has 2 aliphatic heterocycles. The zero-order valence-electron chi connectivity index (χ0n) is 46.6. The molecule has 9 aromatic rings. The maximum Gasteiger partial charge on any atom is 0.252 e. The fraction of sp³-hybridized carbons (Fsp3) is 0.314. The van der Waals surface area contributed by atoms with Crippen molar-refractivity contribution < 1.29 is 0 Å². The average molecular weight is 998 g/mol. The highest BCUT2D eigenvalue weighted by Gasteiger charge is 2.48. The van der Waals surface area contributed by atoms with E-state index in [2.05, 4.69) is 256 Å². The predicted molar refractivity (Wildman–Crippen MR) is 327 cm³/mol. The van der Waals surface area contributed by atoms with Crippen LogP contribution in [-0.2, 0) is 27.1 Å². The van der Waals surface area contributed by atoms with Crippen LogP contribution in [0.2, 0.25) is 0 Å². The second-order valence-electron chi connectivity index (χ2n) is 26.4. The summed E-state index contributed by atoms with van der Waals surface area (Å²) in [5, 5.41) is 2.61. The first kappa shape index (κ1) is 48.1. The molecular formula is C70H72BN3S. The van der Waals surface area contributed by atoms with E-state index in [4.69, 9.17) is 0 Å². The molecule has 0 unspecified atom stereocenters. The summed E-state index contributed by atoms with van der Waals surface area (Å²) in [5.74, 6) is 0. The Morgan fingerprint density at radius 2 is 1.01 bits per heavy atom. The highest BCUT2D eigenvalue weighted by atomic mass is 32.1. The normalized spacial score (nSPS) is 17.5. The lowest BCUT2D eigenvalue weighted by Crippen LogP contribution is -2.62. The molecule has 0 N–H and O–H groups in total. The van der Waals surface area contributed by atoms with Crippen molar-refractivity contribution in [3.63, 3.8) is 0 Å². The molecule has 5 heteroatoms. The van der Waals surface area contributed by atoms with Crippen molar-refractivity contribution in [2.24, 2.45) is 0 Å². The first-order valence-electron chi connectivity index (χ1n) is 27.7. The van der Waals surface area contributed by atoms with E-state index in [0.717, 1.165) is 18.5 Å². The van der Waals surface area contributed by atoms with E-state index in [1.54, 1.807) is 0 Å². The minimum Gasteiger partial charge on any atom is -0.311 e. The van der Waals surface area contributed by atoms with Crippen LogP contribution >= 0.6 is 11.3 Å². The number of aryl methyl sites for hydroxylation is 2. The van der Waals surface area contributed by atoms with Gasteiger partial charge in [0.15, 0.2) is 0 Å². The maximum absolute atomic E-state index is 2.73. The van der Waals surface area contributed by atoms with Crippen LogP contribution < -0.4 is 31.1 Å². The van der Waals surface area contributed by atoms with Crippen LogP contribution in [0, 0.1) is 13.8 Å². The van der Waals surface area contributed by atoms with E-state index in [1.165, 1.54) is 134 Å². The highest BCUT2D eigenvalue weighted by molar-refractivity contribution is 7.26. The Morgan fingerprint density at radius 3 is 1.65 bits per heavy atom. The lowest BCUT2D eigenvalue weighted by Gasteiger charge is -2.48. The Bertz CT molecular complexity index is 3800. The molecule has 0 spiro atoms. The van der Waals surface area contributed by atoms with Crippen LogP contribution in [0.5, 0.6) is 0 Å². The molecule has 0 bridgehead atoms. The number of hydrogen-bond donors (Lipinski definition) is 0. The van der Waals surface area contributed by atoms with Crippen LogP contribution in [0.3, 0.4) is 0 Å². The lowest BCUT2D eigenvalue weighted by atomic mass is 9.33. The van der Waals surface area contributed by atoms with Gasteiger partial charge in [-0.25, -0.2) is 0 Å². The van der Waals surface area contributed by atoms with Crippen molar-refractivity contribution in [1.82, 2.24) is 0 Å². The van der Waals surface area contributed by atoms with Crippen molar-refractivity contribution >= 4 is 106 Å². The van der Waals surface area contributed by atoms with Crippen molar-refractivity contribution in [3.8, 4) is 0 Å². The molecular weight excluding hydrogens is 926 g/mol. The van der Waals surface area contributed by atoms with Crippen molar-refractivity contribution in [2.75, 3.05) is 14.7 Å². The van der Waals surface area contributed by atoms with Crippen LogP contribution in [-0.4, -0.2) is 6.71 Å². The molecule has 8 aromatic carbocycles. The minimum absolute atomic E-state index is 0.0238. The third kappa shape index (κ3) is 7.34. The van der Waals surface area contributed by atoms with Gasteiger partial charge in [-0.2, -0.15) is 0 Å². The molecule has 0 fully saturated rings. The van der Waals surface area contributed by atoms with Crippen LogP contribution in [0.4, 0.5) is 51.2 Å². The summed E-state index contributed by atoms with van der Waals surface area (Å²) < 4.78 is 2.62. The van der Waals surface area contributed by atoms with Gasteiger partial charge in [-0.1, -0.05) is 155 Å². The number of hydrogen-bond acceptors (Lipinski definition) is 4. The molecule has 0 amide bonds. The minimum atomic E-state index is -0.155. The predicted octanol–water partition coefficient (Wildman–Crippen LogP) is 18.2. The van der Waals surface area contributed by atoms with Gasteiger partial charge in [-0.05, 0) is 195 Å². The van der Waals surface area contributed by atoms with Gasteiger partial charge in [0.1, 0.15) is 0 Å². The Kier molecular flexibility index (Phi) is 10.6. The van der Waals surface area contributed by atoms with Crippen LogP contribution in [0.25, 0.3) is 20.2 Å². The number of anilines is 9. The lowest BCUT2D eigenvalue weighted by molar-refractivity contribution is 0.332. The standard InChI is InChI=1S/C70H72BN3S/c1-43-21-14-17-24-55(43)72(56-25-18-15-22-44(56)2)47-30-32-53-58(40-47)74(57-26-20-28-63-64(57)48-23-16-19-27-62(48)75-63)61-38-45(66(3,4)5)37-60-65(61)71(53)54-41-51-52(70(12,13)36-35-69(51,10)11)42-59(54)73(60)46-29-31-49-50(39-46)68(8,9)34-33-67(49,6)7/h14-32,37-42H,33-36H2,1-13H3. The molecule has 3 nitrogen and oxygen atoms in total. The summed E-state index contributed by atoms with van der Waals surface area (Å²) in [7, 11) is 0. The highest BCUT2D eigenvalue weighted by Crippen LogP contribution is 2.55. The molecule has 0 saturated heterocycles. The van der Waals surface area contributed by atoms with Gasteiger partial charge in [-0.15, -0.1) is 11.3 Å². The molecule has 4 aliphatic rings. The van der Waals surface area contributed by atoms with E-state index in [0.29, 0.717) is 0 Å². The summed E-state index contributed by atoms with van der Waals surface area (Å²) in [6.45, 7) is 31.5. The van der Waals surface area contributed by atoms with E-state index >= 15 is 0 Å². The van der Waals surface area contributed by atoms with Gasteiger partial charge in [0.05, 0.1) is 5.69 Å². The Labute approximate surface area is 451 Å². The molecule has 1 aromatic heterocycles. The number of para-hydroxylation sites is 2. The van der Waals surface area contributed by atoms with E-state index in [1.807, 2.05) is 11.3 Å². The molecule has 0 saturated carbocycles. The average Bonchev–Trinajstić information content (AvgIpc) is 3.79. The summed E-state index contributed by atoms with van der Waals surface area (Å²) >= 11 is 1.90. The fourth-order valence-corrected chi connectivity index (χ4v) is 15.0. The molecule has 2 aliphatic carbocycles. The summed E-state index contributed by atoms with van der Waals surface area (Å²) in [4.78, 5) is 7.94. The number of nitrogens with zero attached hydrogens (tertiary/aromatic N) is 3. The SMILES string of the molecule is Cc1ccccc1N(c1ccc2c(c1)N(c1cccc3sc4ccccc4c13)c1cc(C(C)(C)C)cc3c1B2c1cc2c(cc1N3c1ccc3c(c1)C(C)(C)CCC3(C)C)C(C)(C)CCC2(C)C)c1ccccc1C. The van der Waals surface area contributed by atoms with E-state index in [9.17, 15) is 0 Å². The Hall–Kier alpha value is -6.56. The molecule has 75 heavy (non-hydrogen) atoms. The number of fused-ring (bicyclic) bond motifs is 9. The molecule has 376 valence electrons. The smallest absolute Gasteiger partial charge is 0.252 e. The molecule has 13 rings (SSSR count). The molecule has 3 heterocycles. The van der Waals surface area contributed by atoms with Gasteiger partial charge < -0.3 is 14.7 Å². The fourth-order valence-electron chi connectivity index (χ4n) is 13.8. The third-order valence-corrected chi connectivity index (χ3v) is 19.7. The second-order valence-corrected chi connectivity index (χ2v) is 27.5. The van der Waals surface area contributed by atoms with Crippen molar-refractivity contribution in [3.05, 3.63) is 191 Å². The number of thiophene rings is 1. The van der Waals surface area contributed by atoms with Gasteiger partial charge in [0.2, 0.25) is 0 Å². The van der Waals surface area contributed by atoms with Crippen LogP contribution in [0.15, 0.2) is 152 Å². The Balaban J connectivity index is 1.18. The molecule has 0 radical (unpaired) electrons. The first-order chi connectivity index (χ1) is 35.6. The monoisotopic (exact) mass is 998 g/mol. The Morgan fingerprint density at radius 1 is 0.467 bits per heavy atom. The maximum atomic E-state index is 2.73. The van der Waals surface area contributed by atoms with Gasteiger partial charge in [0, 0.05) is 65.7 Å². The topological polar surface area (TPSA) is 9.72 Å². The number of rotatable bonds is 5. The largest absolute Gasteiger partial charge is 0.311 e. The summed E-state index contributed by atoms with van der Waals surface area (Å²) in [5.41, 5.74) is 25.0. The van der Waals surface area contributed by atoms with Gasteiger partial charge in [-0.3, -0.25) is 0 Å². The van der Waals surface area contributed by atoms with Gasteiger partial charge in [0.25, 0.3) is 6.71 Å². The van der Waals surface area contributed by atoms with E-state index < -0.39 is 0 Å². The quantitative estimate of drug-likeness (QED) is 0.159. The zero-order valence-corrected chi connectivity index (χ0v) is 47.4. The van der Waals surface area contributed by atoms with E-state index in [-0.39, 0.29) is 33.8 Å². The second kappa shape index (κ2) is 16.5. The van der Waals surface area contributed by atoms with Crippen molar-refractivity contribution in [1.29, 1.82) is 0 Å². The third-order valence-electron chi connectivity index (χ3n) is 18.6. The zero-order chi connectivity index (χ0) is 52.3. The van der Waals surface area contributed by atoms with Crippen molar-refractivity contribution in [2.45, 2.75) is 143 Å². The van der Waals surface area contributed by atoms with Gasteiger partial charge >= 0.3 is 0 Å². The first-order valence-corrected chi connectivity index (χ1v) is 28.5. The molecule has 0 atom stereocenters. The summed E-state index contributed by atoms with van der Waals surface area (Å²) in [6, 6.07) is 59.4. The summed E-state index contributed by atoms with van der Waals surface area (Å²) in [6.07, 6.45) is 4.68. The number of benzene rings is 8.